The average Bonchev–Trinajstić information content (AvgIpc) is 3.36. The third-order valence-electron chi connectivity index (χ3n) is 12.2. The standard InChI is InChI=1S/C23H29ClO4.C10H22N4.C6H6N2O/c1-13(25)23(28-14(2)26)10-7-18-16-12-20(24)19-11-15(27)5-8-21(19,3)17(16)6-9-22(18,23)4;11-10(12)13-6-9-14-7-4-2-1-3-5-8-14;7-6(9)5-2-1-3-8-4-5/h11-12,16-18H,5-10H2,1-4H3;1-9H2,(H4,11,12,13);1-4H,(H2,7,9)/t16-,17+,18+,21-,22+,23+;;/m1../s1. The molecule has 6 rings (SSSR count). The largest absolute Gasteiger partial charge is 0.451 e. The fourth-order valence-corrected chi connectivity index (χ4v) is 9.94. The zero-order valence-electron chi connectivity index (χ0n) is 30.8. The molecule has 51 heavy (non-hydrogen) atoms. The second-order valence-electron chi connectivity index (χ2n) is 15.3. The highest BCUT2D eigenvalue weighted by molar-refractivity contribution is 6.32. The average molecular weight is 725 g/mol. The minimum absolute atomic E-state index is 0.0490. The van der Waals surface area contributed by atoms with Crippen LogP contribution in [0.1, 0.15) is 109 Å². The molecule has 1 aliphatic heterocycles. The lowest BCUT2D eigenvalue weighted by Crippen LogP contribution is -2.58. The number of esters is 1. The molecular weight excluding hydrogens is 668 g/mol. The number of carbonyl (C=O) groups excluding carboxylic acids is 4. The van der Waals surface area contributed by atoms with E-state index >= 15 is 0 Å². The second-order valence-corrected chi connectivity index (χ2v) is 15.7. The highest BCUT2D eigenvalue weighted by Gasteiger charge is 2.67. The van der Waals surface area contributed by atoms with Crippen molar-refractivity contribution in [2.24, 2.45) is 40.1 Å². The maximum atomic E-state index is 12.7. The van der Waals surface area contributed by atoms with E-state index in [2.05, 4.69) is 35.1 Å². The number of amides is 1. The van der Waals surface area contributed by atoms with Crippen LogP contribution in [0.25, 0.3) is 0 Å². The number of fused-ring (bicyclic) bond motifs is 5. The molecule has 6 atom stereocenters. The number of primary amides is 1. The van der Waals surface area contributed by atoms with Crippen molar-refractivity contribution in [1.29, 1.82) is 5.41 Å². The monoisotopic (exact) mass is 724 g/mol. The quantitative estimate of drug-likeness (QED) is 0.163. The molecule has 0 aromatic carbocycles. The molecule has 0 spiro atoms. The SMILES string of the molecule is CC(=O)O[C@]1(C(C)=O)CC[C@H]2[C@@H]3C=C(Cl)C4=CC(=O)CC[C@]4(C)[C@H]3CC[C@@]21C.N=C(N)NCCN1CCCCCCC1.NC(=O)c1cccnc1. The van der Waals surface area contributed by atoms with Gasteiger partial charge in [0, 0.05) is 49.3 Å². The summed E-state index contributed by atoms with van der Waals surface area (Å²) in [5, 5.41) is 10.6. The van der Waals surface area contributed by atoms with E-state index in [1.807, 2.05) is 0 Å². The zero-order valence-corrected chi connectivity index (χ0v) is 31.5. The van der Waals surface area contributed by atoms with Crippen molar-refractivity contribution < 1.29 is 23.9 Å². The number of ketones is 2. The van der Waals surface area contributed by atoms with Gasteiger partial charge in [0.25, 0.3) is 0 Å². The van der Waals surface area contributed by atoms with E-state index in [-0.39, 0.29) is 46.2 Å². The molecule has 1 saturated heterocycles. The van der Waals surface area contributed by atoms with E-state index < -0.39 is 11.5 Å². The number of allylic oxidation sites excluding steroid dienone is 4. The van der Waals surface area contributed by atoms with Crippen molar-refractivity contribution in [2.45, 2.75) is 104 Å². The molecule has 2 saturated carbocycles. The lowest BCUT2D eigenvalue weighted by Gasteiger charge is -2.57. The van der Waals surface area contributed by atoms with E-state index in [1.165, 1.54) is 58.3 Å². The summed E-state index contributed by atoms with van der Waals surface area (Å²) in [7, 11) is 0. The lowest BCUT2D eigenvalue weighted by molar-refractivity contribution is -0.185. The summed E-state index contributed by atoms with van der Waals surface area (Å²) in [5.41, 5.74) is 10.1. The van der Waals surface area contributed by atoms with Gasteiger partial charge in [-0.3, -0.25) is 29.6 Å². The van der Waals surface area contributed by atoms with Crippen LogP contribution in [0.5, 0.6) is 0 Å². The highest BCUT2D eigenvalue weighted by Crippen LogP contribution is 2.68. The Kier molecular flexibility index (Phi) is 13.6. The number of hydrogen-bond donors (Lipinski definition) is 4. The van der Waals surface area contributed by atoms with Crippen LogP contribution in [0.4, 0.5) is 0 Å². The molecule has 2 heterocycles. The first-order valence-corrected chi connectivity index (χ1v) is 18.9. The summed E-state index contributed by atoms with van der Waals surface area (Å²) in [6.07, 6.45) is 18.3. The fraction of sp³-hybridized carbons (Fsp3) is 0.641. The number of rotatable bonds is 6. The van der Waals surface area contributed by atoms with Gasteiger partial charge in [-0.1, -0.05) is 50.8 Å². The van der Waals surface area contributed by atoms with Crippen LogP contribution < -0.4 is 16.8 Å². The molecule has 280 valence electrons. The topological polar surface area (TPSA) is 182 Å². The predicted octanol–water partition coefficient (Wildman–Crippen LogP) is 5.67. The molecule has 0 radical (unpaired) electrons. The number of pyridine rings is 1. The molecule has 6 N–H and O–H groups in total. The van der Waals surface area contributed by atoms with Crippen LogP contribution in [-0.2, 0) is 19.1 Å². The summed E-state index contributed by atoms with van der Waals surface area (Å²) >= 11 is 6.71. The maximum Gasteiger partial charge on any atom is 0.303 e. The molecule has 5 aliphatic rings. The Bertz CT molecular complexity index is 1510. The summed E-state index contributed by atoms with van der Waals surface area (Å²) in [6.45, 7) is 11.6. The number of carbonyl (C=O) groups is 4. The van der Waals surface area contributed by atoms with Gasteiger partial charge in [-0.25, -0.2) is 0 Å². The van der Waals surface area contributed by atoms with Gasteiger partial charge < -0.3 is 26.4 Å². The van der Waals surface area contributed by atoms with E-state index in [0.717, 1.165) is 44.3 Å². The Balaban J connectivity index is 0.000000210. The Morgan fingerprint density at radius 1 is 1.04 bits per heavy atom. The van der Waals surface area contributed by atoms with Crippen LogP contribution in [0.3, 0.4) is 0 Å². The number of guanidine groups is 1. The van der Waals surface area contributed by atoms with Crippen LogP contribution in [0.2, 0.25) is 0 Å². The number of nitrogens with one attached hydrogen (secondary N) is 2. The zero-order chi connectivity index (χ0) is 37.4. The maximum absolute atomic E-state index is 12.7. The number of aromatic nitrogens is 1. The normalized spacial score (nSPS) is 31.5. The number of nitrogens with zero attached hydrogens (tertiary/aromatic N) is 2. The molecule has 1 aromatic heterocycles. The molecule has 3 fully saturated rings. The van der Waals surface area contributed by atoms with Gasteiger partial charge in [-0.2, -0.15) is 0 Å². The number of halogens is 1. The van der Waals surface area contributed by atoms with E-state index in [9.17, 15) is 19.2 Å². The Labute approximate surface area is 307 Å². The first kappa shape index (κ1) is 40.2. The first-order valence-electron chi connectivity index (χ1n) is 18.5. The number of nitrogens with two attached hydrogens (primary N) is 2. The van der Waals surface area contributed by atoms with Crippen LogP contribution in [-0.4, -0.2) is 71.1 Å². The number of likely N-dealkylation sites (tertiary alicyclic amines) is 1. The summed E-state index contributed by atoms with van der Waals surface area (Å²) < 4.78 is 5.79. The smallest absolute Gasteiger partial charge is 0.303 e. The number of Topliss-reactive ketones (excluding diaryl/α,β-unsaturated/α-hetero) is 1. The van der Waals surface area contributed by atoms with Crippen molar-refractivity contribution in [3.8, 4) is 0 Å². The minimum Gasteiger partial charge on any atom is -0.451 e. The molecule has 0 bridgehead atoms. The highest BCUT2D eigenvalue weighted by atomic mass is 35.5. The predicted molar refractivity (Wildman–Crippen MR) is 199 cm³/mol. The molecule has 1 aromatic rings. The van der Waals surface area contributed by atoms with Crippen molar-refractivity contribution in [1.82, 2.24) is 15.2 Å². The summed E-state index contributed by atoms with van der Waals surface area (Å²) in [5.74, 6) is 0.223. The van der Waals surface area contributed by atoms with E-state index in [4.69, 9.17) is 33.2 Å². The first-order chi connectivity index (χ1) is 24.1. The third kappa shape index (κ3) is 9.09. The van der Waals surface area contributed by atoms with Gasteiger partial charge in [0.2, 0.25) is 5.91 Å². The van der Waals surface area contributed by atoms with Crippen molar-refractivity contribution >= 4 is 41.0 Å². The van der Waals surface area contributed by atoms with Crippen molar-refractivity contribution in [2.75, 3.05) is 26.2 Å². The second kappa shape index (κ2) is 17.3. The number of ether oxygens (including phenoxy) is 1. The van der Waals surface area contributed by atoms with E-state index in [0.29, 0.717) is 29.4 Å². The summed E-state index contributed by atoms with van der Waals surface area (Å²) in [4.78, 5) is 53.2. The van der Waals surface area contributed by atoms with Crippen LogP contribution in [0.15, 0.2) is 47.3 Å². The van der Waals surface area contributed by atoms with Gasteiger partial charge in [0.05, 0.1) is 5.56 Å². The Morgan fingerprint density at radius 2 is 1.71 bits per heavy atom. The van der Waals surface area contributed by atoms with Gasteiger partial charge in [0.15, 0.2) is 23.1 Å². The van der Waals surface area contributed by atoms with E-state index in [1.54, 1.807) is 31.3 Å². The molecule has 12 heteroatoms. The van der Waals surface area contributed by atoms with Gasteiger partial charge in [-0.15, -0.1) is 0 Å². The summed E-state index contributed by atoms with van der Waals surface area (Å²) in [6, 6.07) is 3.29. The van der Waals surface area contributed by atoms with Gasteiger partial charge in [0.1, 0.15) is 0 Å². The molecule has 0 unspecified atom stereocenters. The van der Waals surface area contributed by atoms with Gasteiger partial charge in [-0.05, 0) is 112 Å². The van der Waals surface area contributed by atoms with Crippen LogP contribution in [0, 0.1) is 34.0 Å². The van der Waals surface area contributed by atoms with Crippen molar-refractivity contribution in [3.05, 3.63) is 52.8 Å². The Hall–Kier alpha value is -3.57. The number of hydrogen-bond acceptors (Lipinski definition) is 8. The Morgan fingerprint density at radius 3 is 2.27 bits per heavy atom. The lowest BCUT2D eigenvalue weighted by atomic mass is 9.48. The third-order valence-corrected chi connectivity index (χ3v) is 12.5. The fourth-order valence-electron chi connectivity index (χ4n) is 9.53. The molecule has 4 aliphatic carbocycles. The van der Waals surface area contributed by atoms with Crippen LogP contribution >= 0.6 is 11.6 Å². The molecule has 1 amide bonds. The minimum atomic E-state index is -1.03. The molecule has 11 nitrogen and oxygen atoms in total. The van der Waals surface area contributed by atoms with Crippen molar-refractivity contribution in [3.63, 3.8) is 0 Å². The molecular formula is C39H57ClN6O5. The van der Waals surface area contributed by atoms with Gasteiger partial charge >= 0.3 is 5.97 Å².